The lowest BCUT2D eigenvalue weighted by Crippen LogP contribution is -2.07. The summed E-state index contributed by atoms with van der Waals surface area (Å²) < 4.78 is 20.7. The minimum absolute atomic E-state index is 0.339. The Labute approximate surface area is 176 Å². The standard InChI is InChI=1S/C25H24FN3O/c1-28(2)19-13-9-17(10-14-19)23-24(21-7-5-6-8-22(21)26)30-25(27-23)18-11-15-20(16-12-18)29(3)4/h5-16H,1-4H3. The van der Waals surface area contributed by atoms with Crippen molar-refractivity contribution in [2.45, 2.75) is 0 Å². The van der Waals surface area contributed by atoms with Crippen molar-refractivity contribution in [1.29, 1.82) is 0 Å². The van der Waals surface area contributed by atoms with Gasteiger partial charge in [-0.15, -0.1) is 0 Å². The van der Waals surface area contributed by atoms with E-state index < -0.39 is 0 Å². The van der Waals surface area contributed by atoms with Gasteiger partial charge in [-0.25, -0.2) is 9.37 Å². The van der Waals surface area contributed by atoms with Gasteiger partial charge in [0.1, 0.15) is 11.5 Å². The van der Waals surface area contributed by atoms with Crippen molar-refractivity contribution in [1.82, 2.24) is 4.98 Å². The van der Waals surface area contributed by atoms with Crippen LogP contribution in [0.4, 0.5) is 15.8 Å². The molecule has 0 unspecified atom stereocenters. The van der Waals surface area contributed by atoms with Crippen molar-refractivity contribution in [3.05, 3.63) is 78.6 Å². The van der Waals surface area contributed by atoms with Crippen LogP contribution >= 0.6 is 0 Å². The fourth-order valence-corrected chi connectivity index (χ4v) is 3.29. The minimum atomic E-state index is -0.339. The van der Waals surface area contributed by atoms with Crippen molar-refractivity contribution in [2.75, 3.05) is 38.0 Å². The van der Waals surface area contributed by atoms with E-state index in [-0.39, 0.29) is 5.82 Å². The normalized spacial score (nSPS) is 10.8. The molecule has 3 aromatic carbocycles. The monoisotopic (exact) mass is 401 g/mol. The highest BCUT2D eigenvalue weighted by molar-refractivity contribution is 5.80. The molecule has 0 radical (unpaired) electrons. The smallest absolute Gasteiger partial charge is 0.227 e. The summed E-state index contributed by atoms with van der Waals surface area (Å²) in [4.78, 5) is 8.82. The van der Waals surface area contributed by atoms with E-state index in [1.54, 1.807) is 18.2 Å². The maximum Gasteiger partial charge on any atom is 0.227 e. The molecule has 1 heterocycles. The molecule has 152 valence electrons. The van der Waals surface area contributed by atoms with Crippen molar-refractivity contribution >= 4 is 11.4 Å². The molecule has 0 fully saturated rings. The third kappa shape index (κ3) is 3.79. The molecule has 4 nitrogen and oxygen atoms in total. The fourth-order valence-electron chi connectivity index (χ4n) is 3.29. The molecule has 0 spiro atoms. The van der Waals surface area contributed by atoms with Crippen LogP contribution in [0.3, 0.4) is 0 Å². The number of hydrogen-bond donors (Lipinski definition) is 0. The van der Waals surface area contributed by atoms with Crippen molar-refractivity contribution < 1.29 is 8.81 Å². The van der Waals surface area contributed by atoms with E-state index in [1.807, 2.05) is 86.5 Å². The van der Waals surface area contributed by atoms with Gasteiger partial charge >= 0.3 is 0 Å². The molecule has 0 saturated carbocycles. The Morgan fingerprint density at radius 1 is 0.700 bits per heavy atom. The van der Waals surface area contributed by atoms with Gasteiger partial charge in [0.25, 0.3) is 0 Å². The van der Waals surface area contributed by atoms with E-state index in [2.05, 4.69) is 0 Å². The van der Waals surface area contributed by atoms with Crippen LogP contribution in [0.2, 0.25) is 0 Å². The third-order valence-corrected chi connectivity index (χ3v) is 5.03. The number of rotatable bonds is 5. The van der Waals surface area contributed by atoms with Crippen LogP contribution in [-0.4, -0.2) is 33.2 Å². The van der Waals surface area contributed by atoms with Gasteiger partial charge in [-0.05, 0) is 48.5 Å². The van der Waals surface area contributed by atoms with Gasteiger partial charge in [-0.1, -0.05) is 24.3 Å². The maximum atomic E-state index is 14.6. The van der Waals surface area contributed by atoms with E-state index in [4.69, 9.17) is 9.40 Å². The highest BCUT2D eigenvalue weighted by atomic mass is 19.1. The largest absolute Gasteiger partial charge is 0.435 e. The first kappa shape index (κ1) is 19.7. The Morgan fingerprint density at radius 2 is 1.23 bits per heavy atom. The number of nitrogens with zero attached hydrogens (tertiary/aromatic N) is 3. The molecule has 4 aromatic rings. The first-order valence-electron chi connectivity index (χ1n) is 9.75. The summed E-state index contributed by atoms with van der Waals surface area (Å²) in [6.45, 7) is 0. The summed E-state index contributed by atoms with van der Waals surface area (Å²) in [5, 5.41) is 0. The molecule has 0 aliphatic carbocycles. The Morgan fingerprint density at radius 3 is 1.77 bits per heavy atom. The summed E-state index contributed by atoms with van der Waals surface area (Å²) in [5.41, 5.74) is 4.89. The number of anilines is 2. The zero-order chi connectivity index (χ0) is 21.3. The zero-order valence-electron chi connectivity index (χ0n) is 17.6. The predicted octanol–water partition coefficient (Wildman–Crippen LogP) is 5.95. The molecule has 30 heavy (non-hydrogen) atoms. The van der Waals surface area contributed by atoms with Crippen LogP contribution in [0.5, 0.6) is 0 Å². The van der Waals surface area contributed by atoms with Crippen LogP contribution in [0.15, 0.2) is 77.2 Å². The van der Waals surface area contributed by atoms with E-state index in [1.165, 1.54) is 6.07 Å². The molecule has 0 aliphatic rings. The second-order valence-electron chi connectivity index (χ2n) is 7.56. The number of hydrogen-bond acceptors (Lipinski definition) is 4. The first-order chi connectivity index (χ1) is 14.4. The Kier molecular flexibility index (Phi) is 5.27. The molecule has 1 aromatic heterocycles. The third-order valence-electron chi connectivity index (χ3n) is 5.03. The molecular formula is C25H24FN3O. The average Bonchev–Trinajstić information content (AvgIpc) is 3.19. The van der Waals surface area contributed by atoms with Gasteiger partial charge in [-0.2, -0.15) is 0 Å². The highest BCUT2D eigenvalue weighted by Crippen LogP contribution is 2.37. The maximum absolute atomic E-state index is 14.6. The minimum Gasteiger partial charge on any atom is -0.435 e. The van der Waals surface area contributed by atoms with Gasteiger partial charge in [0.2, 0.25) is 5.89 Å². The molecule has 0 bridgehead atoms. The van der Waals surface area contributed by atoms with Crippen LogP contribution in [0, 0.1) is 5.82 Å². The van der Waals surface area contributed by atoms with Gasteiger partial charge < -0.3 is 14.2 Å². The molecule has 5 heteroatoms. The van der Waals surface area contributed by atoms with Crippen molar-refractivity contribution in [3.63, 3.8) is 0 Å². The number of halogens is 1. The summed E-state index contributed by atoms with van der Waals surface area (Å²) in [5.74, 6) is 0.553. The Bertz CT molecular complexity index is 1150. The van der Waals surface area contributed by atoms with Gasteiger partial charge in [0, 0.05) is 50.7 Å². The van der Waals surface area contributed by atoms with Crippen LogP contribution < -0.4 is 9.80 Å². The predicted molar refractivity (Wildman–Crippen MR) is 121 cm³/mol. The molecule has 0 saturated heterocycles. The second-order valence-corrected chi connectivity index (χ2v) is 7.56. The zero-order valence-corrected chi connectivity index (χ0v) is 17.6. The molecule has 0 amide bonds. The summed E-state index contributed by atoms with van der Waals surface area (Å²) >= 11 is 0. The van der Waals surface area contributed by atoms with Crippen molar-refractivity contribution in [3.8, 4) is 34.0 Å². The van der Waals surface area contributed by atoms with E-state index in [0.717, 1.165) is 22.5 Å². The van der Waals surface area contributed by atoms with Crippen LogP contribution in [0.1, 0.15) is 0 Å². The van der Waals surface area contributed by atoms with Gasteiger partial charge in [0.15, 0.2) is 5.76 Å². The molecule has 0 aliphatic heterocycles. The van der Waals surface area contributed by atoms with E-state index in [9.17, 15) is 4.39 Å². The summed E-state index contributed by atoms with van der Waals surface area (Å²) in [6.07, 6.45) is 0. The summed E-state index contributed by atoms with van der Waals surface area (Å²) in [7, 11) is 7.97. The van der Waals surface area contributed by atoms with Crippen LogP contribution in [-0.2, 0) is 0 Å². The molecular weight excluding hydrogens is 377 g/mol. The Balaban J connectivity index is 1.84. The quantitative estimate of drug-likeness (QED) is 0.414. The molecule has 4 rings (SSSR count). The van der Waals surface area contributed by atoms with Crippen LogP contribution in [0.25, 0.3) is 34.0 Å². The summed E-state index contributed by atoms with van der Waals surface area (Å²) in [6, 6.07) is 22.5. The lowest BCUT2D eigenvalue weighted by Gasteiger charge is -2.12. The lowest BCUT2D eigenvalue weighted by atomic mass is 10.0. The highest BCUT2D eigenvalue weighted by Gasteiger charge is 2.20. The van der Waals surface area contributed by atoms with Gasteiger partial charge in [0.05, 0.1) is 5.56 Å². The van der Waals surface area contributed by atoms with E-state index >= 15 is 0 Å². The fraction of sp³-hybridized carbons (Fsp3) is 0.160. The topological polar surface area (TPSA) is 32.5 Å². The first-order valence-corrected chi connectivity index (χ1v) is 9.75. The van der Waals surface area contributed by atoms with Gasteiger partial charge in [-0.3, -0.25) is 0 Å². The molecule has 0 N–H and O–H groups in total. The number of benzene rings is 3. The molecule has 0 atom stereocenters. The lowest BCUT2D eigenvalue weighted by molar-refractivity contribution is 0.575. The second kappa shape index (κ2) is 8.03. The van der Waals surface area contributed by atoms with Crippen molar-refractivity contribution in [2.24, 2.45) is 0 Å². The SMILES string of the molecule is CN(C)c1ccc(-c2nc(-c3ccc(N(C)C)cc3)c(-c3ccccc3F)o2)cc1. The number of aromatic nitrogens is 1. The Hall–Kier alpha value is -3.60. The van der Waals surface area contributed by atoms with E-state index in [0.29, 0.717) is 22.9 Å². The number of oxazole rings is 1. The average molecular weight is 401 g/mol.